The van der Waals surface area contributed by atoms with Crippen LogP contribution in [0.4, 0.5) is 20.1 Å². The second-order valence-electron chi connectivity index (χ2n) is 5.47. The van der Waals surface area contributed by atoms with Gasteiger partial charge in [0, 0.05) is 19.3 Å². The molecule has 4 aromatic rings. The monoisotopic (exact) mass is 384 g/mol. The van der Waals surface area contributed by atoms with Gasteiger partial charge in [-0.05, 0) is 18.2 Å². The summed E-state index contributed by atoms with van der Waals surface area (Å²) in [6.07, 6.45) is 4.57. The fourth-order valence-electron chi connectivity index (χ4n) is 2.41. The first-order valence-electron chi connectivity index (χ1n) is 7.82. The molecule has 0 radical (unpaired) electrons. The summed E-state index contributed by atoms with van der Waals surface area (Å²) >= 11 is 1.13. The Morgan fingerprint density at radius 1 is 1.30 bits per heavy atom. The number of rotatable bonds is 4. The maximum absolute atomic E-state index is 13.2. The number of benzene rings is 1. The molecule has 0 unspecified atom stereocenters. The average molecular weight is 384 g/mol. The summed E-state index contributed by atoms with van der Waals surface area (Å²) in [5.41, 5.74) is 0.639. The number of fused-ring (bicyclic) bond motifs is 1. The van der Waals surface area contributed by atoms with Gasteiger partial charge in [-0.2, -0.15) is 0 Å². The molecular weight excluding hydrogens is 371 g/mol. The zero-order valence-electron chi connectivity index (χ0n) is 14.0. The number of hydrogen-bond donors (Lipinski definition) is 2. The van der Waals surface area contributed by atoms with Crippen LogP contribution < -0.4 is 15.0 Å². The molecule has 0 saturated heterocycles. The smallest absolute Gasteiger partial charge is 0.329 e. The van der Waals surface area contributed by atoms with Crippen LogP contribution in [0, 0.1) is 5.82 Å². The van der Waals surface area contributed by atoms with Crippen molar-refractivity contribution < 1.29 is 13.9 Å². The molecule has 2 amide bonds. The van der Waals surface area contributed by atoms with Crippen molar-refractivity contribution in [1.82, 2.24) is 19.9 Å². The molecule has 0 aliphatic carbocycles. The molecule has 4 rings (SSSR count). The lowest BCUT2D eigenvalue weighted by Gasteiger charge is -2.16. The van der Waals surface area contributed by atoms with Crippen LogP contribution in [0.25, 0.3) is 11.0 Å². The largest absolute Gasteiger partial charge is 0.445 e. The third-order valence-electron chi connectivity index (χ3n) is 3.67. The number of anilines is 2. The summed E-state index contributed by atoms with van der Waals surface area (Å²) in [4.78, 5) is 29.2. The lowest BCUT2D eigenvalue weighted by atomic mass is 10.3. The molecule has 1 aromatic carbocycles. The fourth-order valence-corrected chi connectivity index (χ4v) is 3.09. The van der Waals surface area contributed by atoms with Gasteiger partial charge in [-0.3, -0.25) is 10.2 Å². The molecule has 3 heterocycles. The van der Waals surface area contributed by atoms with Gasteiger partial charge in [0.15, 0.2) is 5.13 Å². The minimum atomic E-state index is -0.414. The van der Waals surface area contributed by atoms with Crippen molar-refractivity contribution in [2.45, 2.75) is 0 Å². The molecule has 0 saturated carbocycles. The van der Waals surface area contributed by atoms with Gasteiger partial charge in [-0.1, -0.05) is 17.4 Å². The number of hydrogen-bond acceptors (Lipinski definition) is 6. The number of aromatic amines is 1. The van der Waals surface area contributed by atoms with E-state index in [4.69, 9.17) is 4.74 Å². The van der Waals surface area contributed by atoms with Crippen LogP contribution >= 0.6 is 11.3 Å². The van der Waals surface area contributed by atoms with Crippen LogP contribution in [-0.2, 0) is 0 Å². The zero-order chi connectivity index (χ0) is 18.8. The van der Waals surface area contributed by atoms with Gasteiger partial charge in [0.25, 0.3) is 0 Å². The van der Waals surface area contributed by atoms with Crippen molar-refractivity contribution in [1.29, 1.82) is 0 Å². The van der Waals surface area contributed by atoms with Crippen molar-refractivity contribution in [3.05, 3.63) is 54.9 Å². The maximum atomic E-state index is 13.2. The van der Waals surface area contributed by atoms with E-state index in [-0.39, 0.29) is 0 Å². The summed E-state index contributed by atoms with van der Waals surface area (Å²) in [6.45, 7) is 0. The number of H-pyrrole nitrogens is 1. The van der Waals surface area contributed by atoms with E-state index in [0.29, 0.717) is 27.4 Å². The number of urea groups is 1. The molecule has 3 aromatic heterocycles. The van der Waals surface area contributed by atoms with E-state index in [1.165, 1.54) is 29.6 Å². The molecule has 0 spiro atoms. The van der Waals surface area contributed by atoms with Gasteiger partial charge >= 0.3 is 6.03 Å². The second kappa shape index (κ2) is 7.00. The van der Waals surface area contributed by atoms with Crippen LogP contribution in [0.5, 0.6) is 10.8 Å². The number of aromatic nitrogens is 4. The van der Waals surface area contributed by atoms with Crippen molar-refractivity contribution in [3.8, 4) is 10.8 Å². The predicted octanol–water partition coefficient (Wildman–Crippen LogP) is 4.01. The Bertz CT molecular complexity index is 1110. The minimum Gasteiger partial charge on any atom is -0.445 e. The second-order valence-corrected chi connectivity index (χ2v) is 6.46. The molecule has 10 heteroatoms. The number of nitrogens with one attached hydrogen (secondary N) is 2. The molecule has 136 valence electrons. The summed E-state index contributed by atoms with van der Waals surface area (Å²) in [5.74, 6) is 0.420. The van der Waals surface area contributed by atoms with Gasteiger partial charge in [-0.15, -0.1) is 0 Å². The standard InChI is InChI=1S/C17H13FN6O2S/c1-24(15-12-5-6-19-14(12)21-9-22-15)17(25)23-16-20-8-13(27-16)26-11-4-2-3-10(18)7-11/h2-9H,1H3,(H,19,21,22)(H,20,23,25). The lowest BCUT2D eigenvalue weighted by molar-refractivity contribution is 0.258. The maximum Gasteiger partial charge on any atom is 0.329 e. The lowest BCUT2D eigenvalue weighted by Crippen LogP contribution is -2.31. The third-order valence-corrected chi connectivity index (χ3v) is 4.46. The number of carbonyl (C=O) groups is 1. The number of amides is 2. The number of thiazole rings is 1. The first-order valence-corrected chi connectivity index (χ1v) is 8.64. The van der Waals surface area contributed by atoms with Crippen LogP contribution in [-0.4, -0.2) is 33.0 Å². The van der Waals surface area contributed by atoms with Crippen molar-refractivity contribution in [2.24, 2.45) is 0 Å². The highest BCUT2D eigenvalue weighted by atomic mass is 32.1. The molecular formula is C17H13FN6O2S. The topological polar surface area (TPSA) is 96.0 Å². The SMILES string of the molecule is CN(C(=O)Nc1ncc(Oc2cccc(F)c2)s1)c1ncnc2[nH]ccc12. The van der Waals surface area contributed by atoms with Crippen molar-refractivity contribution in [2.75, 3.05) is 17.3 Å². The van der Waals surface area contributed by atoms with E-state index in [1.54, 1.807) is 31.4 Å². The highest BCUT2D eigenvalue weighted by molar-refractivity contribution is 7.17. The highest BCUT2D eigenvalue weighted by Crippen LogP contribution is 2.31. The first-order chi connectivity index (χ1) is 13.1. The molecule has 2 N–H and O–H groups in total. The van der Waals surface area contributed by atoms with Crippen LogP contribution in [0.15, 0.2) is 49.1 Å². The van der Waals surface area contributed by atoms with Gasteiger partial charge in [0.1, 0.15) is 29.4 Å². The average Bonchev–Trinajstić information content (AvgIpc) is 3.30. The van der Waals surface area contributed by atoms with Gasteiger partial charge in [0.2, 0.25) is 5.06 Å². The Balaban J connectivity index is 1.47. The Kier molecular flexibility index (Phi) is 4.38. The summed E-state index contributed by atoms with van der Waals surface area (Å²) in [7, 11) is 1.60. The Hall–Kier alpha value is -3.53. The summed E-state index contributed by atoms with van der Waals surface area (Å²) in [6, 6.07) is 7.16. The Morgan fingerprint density at radius 2 is 2.19 bits per heavy atom. The van der Waals surface area contributed by atoms with Crippen molar-refractivity contribution >= 4 is 39.4 Å². The van der Waals surface area contributed by atoms with Crippen LogP contribution in [0.2, 0.25) is 0 Å². The molecule has 0 atom stereocenters. The van der Waals surface area contributed by atoms with E-state index in [1.807, 2.05) is 0 Å². The molecule has 0 aliphatic rings. The minimum absolute atomic E-state index is 0.345. The Labute approximate surface area is 156 Å². The molecule has 0 fully saturated rings. The number of carbonyl (C=O) groups excluding carboxylic acids is 1. The van der Waals surface area contributed by atoms with E-state index in [9.17, 15) is 9.18 Å². The number of halogens is 1. The summed E-state index contributed by atoms with van der Waals surface area (Å²) < 4.78 is 18.8. The normalized spacial score (nSPS) is 10.7. The van der Waals surface area contributed by atoms with E-state index in [2.05, 4.69) is 25.3 Å². The number of nitrogens with zero attached hydrogens (tertiary/aromatic N) is 4. The van der Waals surface area contributed by atoms with E-state index < -0.39 is 11.8 Å². The fraction of sp³-hybridized carbons (Fsp3) is 0.0588. The first kappa shape index (κ1) is 16.9. The summed E-state index contributed by atoms with van der Waals surface area (Å²) in [5, 5.41) is 4.18. The Morgan fingerprint density at radius 3 is 3.04 bits per heavy atom. The van der Waals surface area contributed by atoms with Crippen molar-refractivity contribution in [3.63, 3.8) is 0 Å². The van der Waals surface area contributed by atoms with Crippen LogP contribution in [0.1, 0.15) is 0 Å². The third kappa shape index (κ3) is 3.55. The predicted molar refractivity (Wildman–Crippen MR) is 99.9 cm³/mol. The van der Waals surface area contributed by atoms with E-state index in [0.717, 1.165) is 16.7 Å². The molecule has 0 bridgehead atoms. The molecule has 8 nitrogen and oxygen atoms in total. The van der Waals surface area contributed by atoms with Crippen LogP contribution in [0.3, 0.4) is 0 Å². The zero-order valence-corrected chi connectivity index (χ0v) is 14.8. The van der Waals surface area contributed by atoms with Gasteiger partial charge < -0.3 is 9.72 Å². The van der Waals surface area contributed by atoms with E-state index >= 15 is 0 Å². The molecule has 0 aliphatic heterocycles. The van der Waals surface area contributed by atoms with Gasteiger partial charge in [0.05, 0.1) is 11.6 Å². The molecule has 27 heavy (non-hydrogen) atoms. The highest BCUT2D eigenvalue weighted by Gasteiger charge is 2.17. The van der Waals surface area contributed by atoms with Gasteiger partial charge in [-0.25, -0.2) is 24.1 Å². The number of ether oxygens (including phenoxy) is 1. The quantitative estimate of drug-likeness (QED) is 0.554.